The minimum atomic E-state index is 0.301. The topological polar surface area (TPSA) is 115 Å². The van der Waals surface area contributed by atoms with Gasteiger partial charge in [-0.3, -0.25) is 5.43 Å². The number of oxazole rings is 1. The number of rotatable bonds is 4. The molecule has 2 aromatic rings. The van der Waals surface area contributed by atoms with Gasteiger partial charge in [-0.1, -0.05) is 0 Å². The van der Waals surface area contributed by atoms with Crippen molar-refractivity contribution < 1.29 is 9.15 Å². The molecule has 10 heteroatoms. The van der Waals surface area contributed by atoms with E-state index < -0.39 is 0 Å². The number of hydrogen-bond donors (Lipinski definition) is 2. The van der Waals surface area contributed by atoms with Crippen LogP contribution in [0.5, 0.6) is 0 Å². The second-order valence-corrected chi connectivity index (χ2v) is 4.80. The van der Waals surface area contributed by atoms with E-state index in [-0.39, 0.29) is 0 Å². The predicted molar refractivity (Wildman–Crippen MR) is 71.3 cm³/mol. The SMILES string of the molecule is NNc1nc(Sc2ncco2)nc(N2CCOCC2)n1. The number of hydrazine groups is 1. The first kappa shape index (κ1) is 13.1. The fourth-order valence-corrected chi connectivity index (χ4v) is 2.33. The Hall–Kier alpha value is -1.91. The van der Waals surface area contributed by atoms with Gasteiger partial charge in [-0.25, -0.2) is 10.8 Å². The van der Waals surface area contributed by atoms with Crippen molar-refractivity contribution in [2.24, 2.45) is 5.84 Å². The maximum Gasteiger partial charge on any atom is 0.263 e. The van der Waals surface area contributed by atoms with E-state index in [0.717, 1.165) is 13.1 Å². The average Bonchev–Trinajstić information content (AvgIpc) is 3.00. The molecule has 0 amide bonds. The zero-order valence-corrected chi connectivity index (χ0v) is 11.3. The molecule has 0 radical (unpaired) electrons. The maximum absolute atomic E-state index is 5.40. The Morgan fingerprint density at radius 3 is 2.80 bits per heavy atom. The van der Waals surface area contributed by atoms with Crippen LogP contribution in [-0.4, -0.2) is 46.2 Å². The molecule has 1 saturated heterocycles. The summed E-state index contributed by atoms with van der Waals surface area (Å²) in [5.41, 5.74) is 2.44. The van der Waals surface area contributed by atoms with Crippen LogP contribution in [0.3, 0.4) is 0 Å². The largest absolute Gasteiger partial charge is 0.440 e. The predicted octanol–water partition coefficient (Wildman–Crippen LogP) is 0.133. The molecule has 3 heterocycles. The third-order valence-corrected chi connectivity index (χ3v) is 3.36. The van der Waals surface area contributed by atoms with Crippen molar-refractivity contribution in [1.29, 1.82) is 0 Å². The van der Waals surface area contributed by atoms with E-state index in [0.29, 0.717) is 35.5 Å². The van der Waals surface area contributed by atoms with Gasteiger partial charge < -0.3 is 14.1 Å². The van der Waals surface area contributed by atoms with Crippen LogP contribution < -0.4 is 16.2 Å². The van der Waals surface area contributed by atoms with Gasteiger partial charge in [-0.05, 0) is 0 Å². The standard InChI is InChI=1S/C10H13N7O2S/c11-16-7-13-8(17-2-5-18-6-3-17)15-9(14-7)20-10-12-1-4-19-10/h1,4H,2-3,5-6,11H2,(H,13,14,15,16). The molecular formula is C10H13N7O2S. The summed E-state index contributed by atoms with van der Waals surface area (Å²) >= 11 is 1.21. The van der Waals surface area contributed by atoms with Crippen molar-refractivity contribution >= 4 is 23.7 Å². The van der Waals surface area contributed by atoms with Crippen LogP contribution in [0.4, 0.5) is 11.9 Å². The van der Waals surface area contributed by atoms with Crippen molar-refractivity contribution in [3.63, 3.8) is 0 Å². The van der Waals surface area contributed by atoms with Crippen molar-refractivity contribution in [3.8, 4) is 0 Å². The van der Waals surface area contributed by atoms with Gasteiger partial charge in [0.05, 0.1) is 19.4 Å². The summed E-state index contributed by atoms with van der Waals surface area (Å²) in [6.07, 6.45) is 3.06. The van der Waals surface area contributed by atoms with E-state index in [9.17, 15) is 0 Å². The molecule has 0 atom stereocenters. The van der Waals surface area contributed by atoms with Crippen LogP contribution in [0.2, 0.25) is 0 Å². The quantitative estimate of drug-likeness (QED) is 0.595. The zero-order valence-electron chi connectivity index (χ0n) is 10.5. The number of nitrogens with zero attached hydrogens (tertiary/aromatic N) is 5. The van der Waals surface area contributed by atoms with Crippen LogP contribution in [0.1, 0.15) is 0 Å². The van der Waals surface area contributed by atoms with Crippen molar-refractivity contribution in [2.75, 3.05) is 36.6 Å². The molecule has 9 nitrogen and oxygen atoms in total. The molecule has 1 fully saturated rings. The van der Waals surface area contributed by atoms with Gasteiger partial charge >= 0.3 is 0 Å². The first-order valence-electron chi connectivity index (χ1n) is 5.98. The Bertz CT molecular complexity index is 559. The molecule has 1 aliphatic heterocycles. The fourth-order valence-electron chi connectivity index (χ4n) is 1.70. The van der Waals surface area contributed by atoms with E-state index in [1.165, 1.54) is 18.0 Å². The Morgan fingerprint density at radius 2 is 2.10 bits per heavy atom. The number of nitrogens with two attached hydrogens (primary N) is 1. The summed E-state index contributed by atoms with van der Waals surface area (Å²) in [7, 11) is 0. The lowest BCUT2D eigenvalue weighted by molar-refractivity contribution is 0.122. The van der Waals surface area contributed by atoms with Crippen LogP contribution in [0.25, 0.3) is 0 Å². The van der Waals surface area contributed by atoms with Crippen molar-refractivity contribution in [2.45, 2.75) is 10.4 Å². The Balaban J connectivity index is 1.85. The highest BCUT2D eigenvalue weighted by Crippen LogP contribution is 2.25. The Labute approximate surface area is 118 Å². The molecule has 0 spiro atoms. The monoisotopic (exact) mass is 295 g/mol. The molecule has 1 aliphatic rings. The second-order valence-electron chi connectivity index (χ2n) is 3.89. The van der Waals surface area contributed by atoms with Crippen molar-refractivity contribution in [3.05, 3.63) is 12.5 Å². The number of hydrogen-bond acceptors (Lipinski definition) is 10. The van der Waals surface area contributed by atoms with Crippen LogP contribution >= 0.6 is 11.8 Å². The van der Waals surface area contributed by atoms with E-state index in [1.807, 2.05) is 4.90 Å². The lowest BCUT2D eigenvalue weighted by atomic mass is 10.4. The number of nitrogens with one attached hydrogen (secondary N) is 1. The Kier molecular flexibility index (Phi) is 3.95. The molecule has 3 N–H and O–H groups in total. The molecule has 0 aliphatic carbocycles. The van der Waals surface area contributed by atoms with Gasteiger partial charge in [0.2, 0.25) is 17.1 Å². The molecule has 0 aromatic carbocycles. The fraction of sp³-hybridized carbons (Fsp3) is 0.400. The second kappa shape index (κ2) is 6.03. The van der Waals surface area contributed by atoms with E-state index >= 15 is 0 Å². The molecule has 0 bridgehead atoms. The highest BCUT2D eigenvalue weighted by Gasteiger charge is 2.17. The maximum atomic E-state index is 5.40. The van der Waals surface area contributed by atoms with Gasteiger partial charge in [-0.2, -0.15) is 15.0 Å². The van der Waals surface area contributed by atoms with E-state index in [1.54, 1.807) is 6.20 Å². The minimum Gasteiger partial charge on any atom is -0.440 e. The van der Waals surface area contributed by atoms with Gasteiger partial charge in [0, 0.05) is 24.9 Å². The van der Waals surface area contributed by atoms with Crippen LogP contribution in [0.15, 0.2) is 27.3 Å². The normalized spacial score (nSPS) is 15.3. The highest BCUT2D eigenvalue weighted by atomic mass is 32.2. The summed E-state index contributed by atoms with van der Waals surface area (Å²) in [6.45, 7) is 2.77. The number of morpholine rings is 1. The van der Waals surface area contributed by atoms with Gasteiger partial charge in [0.15, 0.2) is 0 Å². The molecular weight excluding hydrogens is 282 g/mol. The summed E-state index contributed by atoms with van der Waals surface area (Å²) in [5, 5.41) is 0.934. The smallest absolute Gasteiger partial charge is 0.263 e. The lowest BCUT2D eigenvalue weighted by Crippen LogP contribution is -2.37. The van der Waals surface area contributed by atoms with Gasteiger partial charge in [-0.15, -0.1) is 0 Å². The van der Waals surface area contributed by atoms with Crippen LogP contribution in [0, 0.1) is 0 Å². The first-order valence-corrected chi connectivity index (χ1v) is 6.79. The average molecular weight is 295 g/mol. The molecule has 0 saturated carbocycles. The number of anilines is 2. The van der Waals surface area contributed by atoms with Gasteiger partial charge in [0.25, 0.3) is 5.22 Å². The number of ether oxygens (including phenoxy) is 1. The number of nitrogen functional groups attached to an aromatic ring is 1. The number of aromatic nitrogens is 4. The molecule has 20 heavy (non-hydrogen) atoms. The molecule has 0 unspecified atom stereocenters. The summed E-state index contributed by atoms with van der Waals surface area (Å²) in [4.78, 5) is 18.9. The van der Waals surface area contributed by atoms with Crippen LogP contribution in [-0.2, 0) is 4.74 Å². The zero-order chi connectivity index (χ0) is 13.8. The lowest BCUT2D eigenvalue weighted by Gasteiger charge is -2.26. The van der Waals surface area contributed by atoms with E-state index in [4.69, 9.17) is 15.0 Å². The molecule has 3 rings (SSSR count). The highest BCUT2D eigenvalue weighted by molar-refractivity contribution is 7.98. The minimum absolute atomic E-state index is 0.301. The summed E-state index contributed by atoms with van der Waals surface area (Å²) < 4.78 is 10.5. The summed E-state index contributed by atoms with van der Waals surface area (Å²) in [5.74, 6) is 6.26. The van der Waals surface area contributed by atoms with Crippen molar-refractivity contribution in [1.82, 2.24) is 19.9 Å². The van der Waals surface area contributed by atoms with E-state index in [2.05, 4.69) is 25.4 Å². The molecule has 2 aromatic heterocycles. The Morgan fingerprint density at radius 1 is 1.25 bits per heavy atom. The summed E-state index contributed by atoms with van der Waals surface area (Å²) in [6, 6.07) is 0. The van der Waals surface area contributed by atoms with Gasteiger partial charge in [0.1, 0.15) is 6.26 Å². The third-order valence-electron chi connectivity index (χ3n) is 2.61. The third kappa shape index (κ3) is 2.98. The molecule has 106 valence electrons. The first-order chi connectivity index (χ1) is 9.85.